The van der Waals surface area contributed by atoms with Crippen molar-refractivity contribution in [2.75, 3.05) is 13.2 Å². The maximum atomic E-state index is 11.4. The van der Waals surface area contributed by atoms with Crippen LogP contribution in [0.1, 0.15) is 33.6 Å². The SMILES string of the molecule is CCC(Br)C(=O)NCC(C)(C)CCO. The number of nitrogens with one attached hydrogen (secondary N) is 1. The molecule has 0 saturated heterocycles. The standard InChI is InChI=1S/C10H20BrNO2/c1-4-8(11)9(14)12-7-10(2,3)5-6-13/h8,13H,4-7H2,1-3H3,(H,12,14). The summed E-state index contributed by atoms with van der Waals surface area (Å²) in [5.74, 6) is 0.0264. The van der Waals surface area contributed by atoms with Crippen molar-refractivity contribution in [3.63, 3.8) is 0 Å². The molecule has 1 atom stereocenters. The number of aliphatic hydroxyl groups excluding tert-OH is 1. The summed E-state index contributed by atoms with van der Waals surface area (Å²) in [5, 5.41) is 11.7. The van der Waals surface area contributed by atoms with Gasteiger partial charge in [-0.3, -0.25) is 4.79 Å². The van der Waals surface area contributed by atoms with Crippen LogP contribution < -0.4 is 5.32 Å². The molecule has 0 aliphatic rings. The van der Waals surface area contributed by atoms with Gasteiger partial charge in [-0.05, 0) is 18.3 Å². The smallest absolute Gasteiger partial charge is 0.233 e. The van der Waals surface area contributed by atoms with Gasteiger partial charge in [0.1, 0.15) is 0 Å². The molecule has 0 aromatic heterocycles. The summed E-state index contributed by atoms with van der Waals surface area (Å²) in [6.45, 7) is 6.78. The number of carbonyl (C=O) groups excluding carboxylic acids is 1. The van der Waals surface area contributed by atoms with Crippen LogP contribution in [0.5, 0.6) is 0 Å². The van der Waals surface area contributed by atoms with Crippen LogP contribution in [0.25, 0.3) is 0 Å². The van der Waals surface area contributed by atoms with Crippen molar-refractivity contribution >= 4 is 21.8 Å². The number of alkyl halides is 1. The Balaban J connectivity index is 3.87. The molecule has 0 saturated carbocycles. The van der Waals surface area contributed by atoms with Gasteiger partial charge in [0, 0.05) is 13.2 Å². The molecule has 1 amide bonds. The van der Waals surface area contributed by atoms with Crippen LogP contribution in [-0.4, -0.2) is 29.0 Å². The van der Waals surface area contributed by atoms with E-state index in [1.807, 2.05) is 20.8 Å². The Labute approximate surface area is 94.4 Å². The molecule has 14 heavy (non-hydrogen) atoms. The minimum Gasteiger partial charge on any atom is -0.396 e. The van der Waals surface area contributed by atoms with Gasteiger partial charge in [-0.15, -0.1) is 0 Å². The van der Waals surface area contributed by atoms with Gasteiger partial charge in [0.05, 0.1) is 4.83 Å². The summed E-state index contributed by atoms with van der Waals surface area (Å²) < 4.78 is 0. The molecular weight excluding hydrogens is 246 g/mol. The van der Waals surface area contributed by atoms with E-state index in [4.69, 9.17) is 5.11 Å². The van der Waals surface area contributed by atoms with Crippen LogP contribution in [-0.2, 0) is 4.79 Å². The van der Waals surface area contributed by atoms with E-state index >= 15 is 0 Å². The van der Waals surface area contributed by atoms with E-state index in [9.17, 15) is 4.79 Å². The second-order valence-corrected chi connectivity index (χ2v) is 5.34. The number of rotatable bonds is 6. The molecule has 0 aliphatic carbocycles. The second kappa shape index (κ2) is 6.40. The fourth-order valence-electron chi connectivity index (χ4n) is 1.01. The first-order valence-corrected chi connectivity index (χ1v) is 5.87. The number of halogens is 1. The zero-order chi connectivity index (χ0) is 11.2. The predicted molar refractivity (Wildman–Crippen MR) is 61.5 cm³/mol. The van der Waals surface area contributed by atoms with Crippen molar-refractivity contribution < 1.29 is 9.90 Å². The summed E-state index contributed by atoms with van der Waals surface area (Å²) in [4.78, 5) is 11.3. The fraction of sp³-hybridized carbons (Fsp3) is 0.900. The van der Waals surface area contributed by atoms with E-state index in [0.717, 1.165) is 6.42 Å². The van der Waals surface area contributed by atoms with E-state index in [-0.39, 0.29) is 22.8 Å². The van der Waals surface area contributed by atoms with Crippen LogP contribution in [0.3, 0.4) is 0 Å². The minimum absolute atomic E-state index is 0.0264. The average molecular weight is 266 g/mol. The Bertz CT molecular complexity index is 183. The number of hydrogen-bond acceptors (Lipinski definition) is 2. The molecule has 0 fully saturated rings. The first kappa shape index (κ1) is 13.9. The van der Waals surface area contributed by atoms with Crippen molar-refractivity contribution in [2.45, 2.75) is 38.4 Å². The maximum Gasteiger partial charge on any atom is 0.233 e. The third-order valence-electron chi connectivity index (χ3n) is 2.17. The summed E-state index contributed by atoms with van der Waals surface area (Å²) in [6, 6.07) is 0. The molecular formula is C10H20BrNO2. The molecule has 1 unspecified atom stereocenters. The number of amides is 1. The van der Waals surface area contributed by atoms with Crippen molar-refractivity contribution in [2.24, 2.45) is 5.41 Å². The van der Waals surface area contributed by atoms with Gasteiger partial charge in [0.25, 0.3) is 0 Å². The summed E-state index contributed by atoms with van der Waals surface area (Å²) in [6.07, 6.45) is 1.48. The Kier molecular flexibility index (Phi) is 6.36. The Morgan fingerprint density at radius 3 is 2.57 bits per heavy atom. The van der Waals surface area contributed by atoms with Gasteiger partial charge in [0.2, 0.25) is 5.91 Å². The molecule has 0 aromatic rings. The number of aliphatic hydroxyl groups is 1. The molecule has 0 aliphatic heterocycles. The molecule has 0 rings (SSSR count). The minimum atomic E-state index is -0.104. The maximum absolute atomic E-state index is 11.4. The van der Waals surface area contributed by atoms with Crippen LogP contribution in [0.2, 0.25) is 0 Å². The quantitative estimate of drug-likeness (QED) is 0.719. The highest BCUT2D eigenvalue weighted by Crippen LogP contribution is 2.18. The van der Waals surface area contributed by atoms with Gasteiger partial charge in [-0.2, -0.15) is 0 Å². The lowest BCUT2D eigenvalue weighted by Crippen LogP contribution is -2.38. The summed E-state index contributed by atoms with van der Waals surface area (Å²) >= 11 is 3.29. The number of carbonyl (C=O) groups is 1. The predicted octanol–water partition coefficient (Wildman–Crippen LogP) is 1.68. The third-order valence-corrected chi connectivity index (χ3v) is 3.24. The van der Waals surface area contributed by atoms with E-state index in [0.29, 0.717) is 13.0 Å². The van der Waals surface area contributed by atoms with Gasteiger partial charge in [-0.1, -0.05) is 36.7 Å². The molecule has 0 heterocycles. The summed E-state index contributed by atoms with van der Waals surface area (Å²) in [5.41, 5.74) is -0.0368. The lowest BCUT2D eigenvalue weighted by Gasteiger charge is -2.24. The van der Waals surface area contributed by atoms with Crippen molar-refractivity contribution in [3.8, 4) is 0 Å². The normalized spacial score (nSPS) is 13.8. The molecule has 0 radical (unpaired) electrons. The van der Waals surface area contributed by atoms with Crippen molar-refractivity contribution in [1.29, 1.82) is 0 Å². The van der Waals surface area contributed by atoms with Gasteiger partial charge < -0.3 is 10.4 Å². The Morgan fingerprint density at radius 1 is 1.57 bits per heavy atom. The monoisotopic (exact) mass is 265 g/mol. The first-order valence-electron chi connectivity index (χ1n) is 4.95. The molecule has 0 spiro atoms. The highest BCUT2D eigenvalue weighted by atomic mass is 79.9. The zero-order valence-electron chi connectivity index (χ0n) is 9.14. The topological polar surface area (TPSA) is 49.3 Å². The third kappa shape index (κ3) is 5.60. The molecule has 0 aromatic carbocycles. The van der Waals surface area contributed by atoms with E-state index in [1.54, 1.807) is 0 Å². The lowest BCUT2D eigenvalue weighted by atomic mass is 9.90. The van der Waals surface area contributed by atoms with Crippen LogP contribution >= 0.6 is 15.9 Å². The number of hydrogen-bond donors (Lipinski definition) is 2. The highest BCUT2D eigenvalue weighted by Gasteiger charge is 2.20. The van der Waals surface area contributed by atoms with E-state index < -0.39 is 0 Å². The van der Waals surface area contributed by atoms with Crippen LogP contribution in [0.15, 0.2) is 0 Å². The molecule has 84 valence electrons. The Hall–Kier alpha value is -0.0900. The summed E-state index contributed by atoms with van der Waals surface area (Å²) in [7, 11) is 0. The Morgan fingerprint density at radius 2 is 2.14 bits per heavy atom. The van der Waals surface area contributed by atoms with Gasteiger partial charge in [-0.25, -0.2) is 0 Å². The van der Waals surface area contributed by atoms with E-state index in [2.05, 4.69) is 21.2 Å². The highest BCUT2D eigenvalue weighted by molar-refractivity contribution is 9.10. The van der Waals surface area contributed by atoms with Crippen LogP contribution in [0, 0.1) is 5.41 Å². The zero-order valence-corrected chi connectivity index (χ0v) is 10.7. The van der Waals surface area contributed by atoms with Gasteiger partial charge >= 0.3 is 0 Å². The van der Waals surface area contributed by atoms with Crippen molar-refractivity contribution in [3.05, 3.63) is 0 Å². The lowest BCUT2D eigenvalue weighted by molar-refractivity contribution is -0.121. The molecule has 0 bridgehead atoms. The van der Waals surface area contributed by atoms with Gasteiger partial charge in [0.15, 0.2) is 0 Å². The van der Waals surface area contributed by atoms with Crippen molar-refractivity contribution in [1.82, 2.24) is 5.32 Å². The average Bonchev–Trinajstić information content (AvgIpc) is 2.13. The molecule has 2 N–H and O–H groups in total. The molecule has 4 heteroatoms. The van der Waals surface area contributed by atoms with Crippen LogP contribution in [0.4, 0.5) is 0 Å². The molecule has 3 nitrogen and oxygen atoms in total. The largest absolute Gasteiger partial charge is 0.396 e. The first-order chi connectivity index (χ1) is 6.43. The fourth-order valence-corrected chi connectivity index (χ4v) is 1.18. The van der Waals surface area contributed by atoms with E-state index in [1.165, 1.54) is 0 Å². The second-order valence-electron chi connectivity index (χ2n) is 4.23.